The maximum atomic E-state index is 12.6. The molecule has 0 spiro atoms. The van der Waals surface area contributed by atoms with Crippen molar-refractivity contribution >= 4 is 23.5 Å². The molecule has 2 N–H and O–H groups in total. The van der Waals surface area contributed by atoms with E-state index in [0.29, 0.717) is 17.0 Å². The fourth-order valence-corrected chi connectivity index (χ4v) is 3.35. The minimum Gasteiger partial charge on any atom is -0.495 e. The van der Waals surface area contributed by atoms with Crippen molar-refractivity contribution in [2.45, 2.75) is 12.3 Å². The van der Waals surface area contributed by atoms with E-state index < -0.39 is 17.8 Å². The SMILES string of the molecule is COc1ccccc1N1CC(C(=O)NCC(C(=O)O)c2ccccc2)CC1=O. The Morgan fingerprint density at radius 2 is 1.86 bits per heavy atom. The van der Waals surface area contributed by atoms with Crippen LogP contribution in [0.3, 0.4) is 0 Å². The van der Waals surface area contributed by atoms with Gasteiger partial charge in [0, 0.05) is 19.5 Å². The highest BCUT2D eigenvalue weighted by Gasteiger charge is 2.36. The van der Waals surface area contributed by atoms with E-state index in [1.807, 2.05) is 6.07 Å². The molecular weight excluding hydrogens is 360 g/mol. The number of methoxy groups -OCH3 is 1. The van der Waals surface area contributed by atoms with Gasteiger partial charge in [0.2, 0.25) is 11.8 Å². The molecule has 2 aromatic carbocycles. The molecule has 146 valence electrons. The lowest BCUT2D eigenvalue weighted by molar-refractivity contribution is -0.138. The Hall–Kier alpha value is -3.35. The van der Waals surface area contributed by atoms with Crippen LogP contribution >= 0.6 is 0 Å². The second-order valence-electron chi connectivity index (χ2n) is 6.62. The van der Waals surface area contributed by atoms with E-state index in [-0.39, 0.29) is 31.3 Å². The van der Waals surface area contributed by atoms with E-state index in [1.54, 1.807) is 48.5 Å². The Morgan fingerprint density at radius 3 is 2.54 bits per heavy atom. The van der Waals surface area contributed by atoms with E-state index >= 15 is 0 Å². The molecule has 0 bridgehead atoms. The van der Waals surface area contributed by atoms with Gasteiger partial charge in [0.15, 0.2) is 0 Å². The number of rotatable bonds is 7. The number of carboxylic acid groups (broad SMARTS) is 1. The number of hydrogen-bond donors (Lipinski definition) is 2. The van der Waals surface area contributed by atoms with Crippen LogP contribution in [0, 0.1) is 5.92 Å². The van der Waals surface area contributed by atoms with Crippen LogP contribution in [0.4, 0.5) is 5.69 Å². The smallest absolute Gasteiger partial charge is 0.312 e. The summed E-state index contributed by atoms with van der Waals surface area (Å²) in [4.78, 5) is 38.1. The van der Waals surface area contributed by atoms with Gasteiger partial charge in [-0.1, -0.05) is 42.5 Å². The Morgan fingerprint density at radius 1 is 1.18 bits per heavy atom. The molecular formula is C21H22N2O5. The zero-order valence-corrected chi connectivity index (χ0v) is 15.5. The highest BCUT2D eigenvalue weighted by molar-refractivity contribution is 6.01. The number of carboxylic acids is 1. The Bertz CT molecular complexity index is 868. The van der Waals surface area contributed by atoms with Gasteiger partial charge in [0.05, 0.1) is 24.6 Å². The predicted octanol–water partition coefficient (Wildman–Crippen LogP) is 2.03. The molecule has 0 aliphatic carbocycles. The number of aliphatic carboxylic acids is 1. The number of benzene rings is 2. The van der Waals surface area contributed by atoms with Gasteiger partial charge in [0.25, 0.3) is 0 Å². The van der Waals surface area contributed by atoms with Gasteiger partial charge in [-0.3, -0.25) is 14.4 Å². The molecule has 2 atom stereocenters. The molecule has 1 aliphatic rings. The minimum absolute atomic E-state index is 0.0302. The minimum atomic E-state index is -1.01. The summed E-state index contributed by atoms with van der Waals surface area (Å²) in [5.41, 5.74) is 1.24. The molecule has 3 rings (SSSR count). The molecule has 1 fully saturated rings. The first-order chi connectivity index (χ1) is 13.5. The lowest BCUT2D eigenvalue weighted by atomic mass is 9.99. The predicted molar refractivity (Wildman–Crippen MR) is 103 cm³/mol. The van der Waals surface area contributed by atoms with Crippen molar-refractivity contribution in [3.63, 3.8) is 0 Å². The maximum absolute atomic E-state index is 12.6. The van der Waals surface area contributed by atoms with Crippen molar-refractivity contribution in [2.75, 3.05) is 25.1 Å². The highest BCUT2D eigenvalue weighted by Crippen LogP contribution is 2.32. The molecule has 28 heavy (non-hydrogen) atoms. The van der Waals surface area contributed by atoms with Crippen LogP contribution in [0.5, 0.6) is 5.75 Å². The Kier molecular flexibility index (Phi) is 5.93. The molecule has 2 unspecified atom stereocenters. The molecule has 1 aliphatic heterocycles. The van der Waals surface area contributed by atoms with E-state index in [0.717, 1.165) is 0 Å². The van der Waals surface area contributed by atoms with E-state index in [4.69, 9.17) is 4.74 Å². The third-order valence-corrected chi connectivity index (χ3v) is 4.85. The monoisotopic (exact) mass is 382 g/mol. The molecule has 2 amide bonds. The third kappa shape index (κ3) is 4.14. The number of carbonyl (C=O) groups excluding carboxylic acids is 2. The van der Waals surface area contributed by atoms with Crippen LogP contribution in [0.1, 0.15) is 17.9 Å². The first kappa shape index (κ1) is 19.4. The van der Waals surface area contributed by atoms with Crippen molar-refractivity contribution in [3.05, 3.63) is 60.2 Å². The van der Waals surface area contributed by atoms with E-state index in [1.165, 1.54) is 12.0 Å². The number of ether oxygens (including phenoxy) is 1. The normalized spacial score (nSPS) is 17.2. The lowest BCUT2D eigenvalue weighted by Gasteiger charge is -2.19. The highest BCUT2D eigenvalue weighted by atomic mass is 16.5. The van der Waals surface area contributed by atoms with Gasteiger partial charge in [-0.15, -0.1) is 0 Å². The maximum Gasteiger partial charge on any atom is 0.312 e. The van der Waals surface area contributed by atoms with Crippen LogP contribution in [-0.2, 0) is 14.4 Å². The average Bonchev–Trinajstić information content (AvgIpc) is 3.10. The van der Waals surface area contributed by atoms with Gasteiger partial charge >= 0.3 is 5.97 Å². The summed E-state index contributed by atoms with van der Waals surface area (Å²) >= 11 is 0. The molecule has 0 saturated carbocycles. The van der Waals surface area contributed by atoms with Crippen molar-refractivity contribution in [1.29, 1.82) is 0 Å². The summed E-state index contributed by atoms with van der Waals surface area (Å²) in [6.45, 7) is 0.200. The second kappa shape index (κ2) is 8.56. The van der Waals surface area contributed by atoms with E-state index in [2.05, 4.69) is 5.32 Å². The average molecular weight is 382 g/mol. The van der Waals surface area contributed by atoms with Crippen molar-refractivity contribution in [2.24, 2.45) is 5.92 Å². The number of nitrogens with one attached hydrogen (secondary N) is 1. The van der Waals surface area contributed by atoms with Gasteiger partial charge in [0.1, 0.15) is 5.75 Å². The summed E-state index contributed by atoms with van der Waals surface area (Å²) in [6, 6.07) is 15.9. The summed E-state index contributed by atoms with van der Waals surface area (Å²) in [7, 11) is 1.53. The summed E-state index contributed by atoms with van der Waals surface area (Å²) in [5, 5.41) is 12.2. The molecule has 1 saturated heterocycles. The van der Waals surface area contributed by atoms with Crippen LogP contribution in [0.15, 0.2) is 54.6 Å². The van der Waals surface area contributed by atoms with Crippen molar-refractivity contribution in [1.82, 2.24) is 5.32 Å². The van der Waals surface area contributed by atoms with Crippen molar-refractivity contribution in [3.8, 4) is 5.75 Å². The first-order valence-corrected chi connectivity index (χ1v) is 9.00. The molecule has 0 aromatic heterocycles. The van der Waals surface area contributed by atoms with Gasteiger partial charge < -0.3 is 20.1 Å². The molecule has 0 radical (unpaired) electrons. The zero-order chi connectivity index (χ0) is 20.1. The number of hydrogen-bond acceptors (Lipinski definition) is 4. The standard InChI is InChI=1S/C21H22N2O5/c1-28-18-10-6-5-9-17(18)23-13-15(11-19(23)24)20(25)22-12-16(21(26)27)14-7-3-2-4-8-14/h2-10,15-16H,11-13H2,1H3,(H,22,25)(H,26,27). The van der Waals surface area contributed by atoms with Crippen LogP contribution in [0.2, 0.25) is 0 Å². The van der Waals surface area contributed by atoms with Gasteiger partial charge in [-0.25, -0.2) is 0 Å². The molecule has 7 nitrogen and oxygen atoms in total. The third-order valence-electron chi connectivity index (χ3n) is 4.85. The van der Waals surface area contributed by atoms with Crippen molar-refractivity contribution < 1.29 is 24.2 Å². The summed E-state index contributed by atoms with van der Waals surface area (Å²) in [5.74, 6) is -2.32. The fourth-order valence-electron chi connectivity index (χ4n) is 3.35. The molecule has 2 aromatic rings. The number of amides is 2. The summed E-state index contributed by atoms with van der Waals surface area (Å²) in [6.07, 6.45) is 0.0763. The second-order valence-corrected chi connectivity index (χ2v) is 6.62. The quantitative estimate of drug-likeness (QED) is 0.764. The number of anilines is 1. The Labute approximate surface area is 162 Å². The summed E-state index contributed by atoms with van der Waals surface area (Å²) < 4.78 is 5.30. The van der Waals surface area contributed by atoms with Crippen LogP contribution < -0.4 is 15.0 Å². The number of nitrogens with zero attached hydrogens (tertiary/aromatic N) is 1. The number of para-hydroxylation sites is 2. The van der Waals surface area contributed by atoms with Crippen LogP contribution in [0.25, 0.3) is 0 Å². The number of carbonyl (C=O) groups is 3. The lowest BCUT2D eigenvalue weighted by Crippen LogP contribution is -2.37. The Balaban J connectivity index is 1.65. The van der Waals surface area contributed by atoms with E-state index in [9.17, 15) is 19.5 Å². The van der Waals surface area contributed by atoms with Gasteiger partial charge in [-0.2, -0.15) is 0 Å². The largest absolute Gasteiger partial charge is 0.495 e. The van der Waals surface area contributed by atoms with Crippen LogP contribution in [-0.4, -0.2) is 43.1 Å². The zero-order valence-electron chi connectivity index (χ0n) is 15.5. The van der Waals surface area contributed by atoms with Gasteiger partial charge in [-0.05, 0) is 17.7 Å². The topological polar surface area (TPSA) is 95.9 Å². The fraction of sp³-hybridized carbons (Fsp3) is 0.286. The molecule has 7 heteroatoms. The first-order valence-electron chi connectivity index (χ1n) is 9.00. The molecule has 1 heterocycles.